The zero-order valence-electron chi connectivity index (χ0n) is 17.2. The Labute approximate surface area is 176 Å². The molecule has 2 heterocycles. The molecule has 0 aromatic heterocycles. The van der Waals surface area contributed by atoms with E-state index < -0.39 is 17.8 Å². The van der Waals surface area contributed by atoms with Crippen LogP contribution in [0.5, 0.6) is 0 Å². The topological polar surface area (TPSA) is 106 Å². The molecule has 1 aromatic rings. The van der Waals surface area contributed by atoms with E-state index in [-0.39, 0.29) is 12.6 Å². The van der Waals surface area contributed by atoms with E-state index in [1.165, 1.54) is 0 Å². The average molecular weight is 419 g/mol. The Kier molecular flexibility index (Phi) is 8.18. The zero-order chi connectivity index (χ0) is 21.3. The second-order valence-electron chi connectivity index (χ2n) is 7.30. The molecule has 30 heavy (non-hydrogen) atoms. The lowest BCUT2D eigenvalue weighted by molar-refractivity contribution is -0.136. The average Bonchev–Trinajstić information content (AvgIpc) is 3.30. The monoisotopic (exact) mass is 419 g/mol. The quantitative estimate of drug-likeness (QED) is 0.494. The van der Waals surface area contributed by atoms with Crippen molar-refractivity contribution in [1.29, 1.82) is 0 Å². The summed E-state index contributed by atoms with van der Waals surface area (Å²) >= 11 is 0. The third-order valence-electron chi connectivity index (χ3n) is 5.36. The number of carbonyl (C=O) groups is 3. The zero-order valence-corrected chi connectivity index (χ0v) is 17.2. The van der Waals surface area contributed by atoms with Gasteiger partial charge >= 0.3 is 17.8 Å². The summed E-state index contributed by atoms with van der Waals surface area (Å²) in [5.41, 5.74) is 0.809. The molecule has 3 rings (SSSR count). The molecule has 0 aliphatic carbocycles. The first-order valence-corrected chi connectivity index (χ1v) is 10.3. The Morgan fingerprint density at radius 3 is 2.47 bits per heavy atom. The maximum absolute atomic E-state index is 12.3. The van der Waals surface area contributed by atoms with Crippen molar-refractivity contribution in [1.82, 2.24) is 10.2 Å². The Morgan fingerprint density at radius 1 is 1.10 bits per heavy atom. The number of nitrogens with one attached hydrogen (secondary N) is 2. The van der Waals surface area contributed by atoms with E-state index in [1.54, 1.807) is 31.2 Å². The van der Waals surface area contributed by atoms with E-state index in [1.807, 2.05) is 0 Å². The molecule has 2 N–H and O–H groups in total. The smallest absolute Gasteiger partial charge is 0.338 e. The van der Waals surface area contributed by atoms with Crippen LogP contribution < -0.4 is 10.6 Å². The standard InChI is InChI=1S/C21H29N3O6/c1-2-30-21(27)15-3-5-17(6-4-15)23-20(26)19(25)22-13-18(16-7-10-29-14-16)24-8-11-28-12-9-24/h3-6,16,18H,2,7-14H2,1H3,(H,22,25)(H,23,26)/t16-,18+/m1/s1. The summed E-state index contributed by atoms with van der Waals surface area (Å²) < 4.78 is 15.9. The fraction of sp³-hybridized carbons (Fsp3) is 0.571. The molecule has 2 aliphatic rings. The van der Waals surface area contributed by atoms with Gasteiger partial charge in [0.1, 0.15) is 0 Å². The molecule has 2 atom stereocenters. The molecule has 1 aromatic carbocycles. The molecule has 2 amide bonds. The van der Waals surface area contributed by atoms with Gasteiger partial charge in [-0.2, -0.15) is 0 Å². The minimum Gasteiger partial charge on any atom is -0.462 e. The molecule has 9 nitrogen and oxygen atoms in total. The number of hydrogen-bond donors (Lipinski definition) is 2. The first-order valence-electron chi connectivity index (χ1n) is 10.3. The minimum atomic E-state index is -0.748. The van der Waals surface area contributed by atoms with Crippen LogP contribution in [0.4, 0.5) is 5.69 Å². The summed E-state index contributed by atoms with van der Waals surface area (Å²) in [4.78, 5) is 38.6. The molecule has 2 aliphatic heterocycles. The van der Waals surface area contributed by atoms with Crippen molar-refractivity contribution in [2.24, 2.45) is 5.92 Å². The third-order valence-corrected chi connectivity index (χ3v) is 5.36. The summed E-state index contributed by atoms with van der Waals surface area (Å²) in [6.45, 7) is 6.72. The predicted octanol–water partition coefficient (Wildman–Crippen LogP) is 0.655. The maximum Gasteiger partial charge on any atom is 0.338 e. The highest BCUT2D eigenvalue weighted by Gasteiger charge is 2.32. The predicted molar refractivity (Wildman–Crippen MR) is 109 cm³/mol. The van der Waals surface area contributed by atoms with Crippen molar-refractivity contribution in [2.45, 2.75) is 19.4 Å². The Balaban J connectivity index is 1.52. The highest BCUT2D eigenvalue weighted by Crippen LogP contribution is 2.22. The van der Waals surface area contributed by atoms with E-state index in [9.17, 15) is 14.4 Å². The molecule has 0 unspecified atom stereocenters. The van der Waals surface area contributed by atoms with Crippen molar-refractivity contribution in [3.05, 3.63) is 29.8 Å². The fourth-order valence-corrected chi connectivity index (χ4v) is 3.73. The Bertz CT molecular complexity index is 727. The van der Waals surface area contributed by atoms with Gasteiger partial charge < -0.3 is 24.8 Å². The van der Waals surface area contributed by atoms with Crippen LogP contribution in [-0.4, -0.2) is 81.4 Å². The normalized spacial score (nSPS) is 20.4. The van der Waals surface area contributed by atoms with Crippen LogP contribution in [0.1, 0.15) is 23.7 Å². The number of benzene rings is 1. The van der Waals surface area contributed by atoms with E-state index in [0.717, 1.165) is 26.1 Å². The molecular weight excluding hydrogens is 390 g/mol. The number of hydrogen-bond acceptors (Lipinski definition) is 7. The molecule has 2 fully saturated rings. The van der Waals surface area contributed by atoms with Gasteiger partial charge in [0.2, 0.25) is 0 Å². The van der Waals surface area contributed by atoms with Crippen LogP contribution in [0.3, 0.4) is 0 Å². The van der Waals surface area contributed by atoms with Crippen LogP contribution in [0, 0.1) is 5.92 Å². The molecule has 0 spiro atoms. The summed E-state index contributed by atoms with van der Waals surface area (Å²) in [6, 6.07) is 6.31. The second kappa shape index (κ2) is 11.1. The first-order chi connectivity index (χ1) is 14.6. The summed E-state index contributed by atoms with van der Waals surface area (Å²) in [7, 11) is 0. The van der Waals surface area contributed by atoms with Crippen LogP contribution >= 0.6 is 0 Å². The number of rotatable bonds is 7. The van der Waals surface area contributed by atoms with E-state index in [0.29, 0.717) is 43.5 Å². The number of ether oxygens (including phenoxy) is 3. The van der Waals surface area contributed by atoms with Gasteiger partial charge in [-0.1, -0.05) is 0 Å². The van der Waals surface area contributed by atoms with Gasteiger partial charge in [0.25, 0.3) is 0 Å². The number of anilines is 1. The first kappa shape index (κ1) is 22.2. The van der Waals surface area contributed by atoms with E-state index in [4.69, 9.17) is 14.2 Å². The van der Waals surface area contributed by atoms with E-state index >= 15 is 0 Å². The number of carbonyl (C=O) groups excluding carboxylic acids is 3. The summed E-state index contributed by atoms with van der Waals surface area (Å²) in [5.74, 6) is -1.55. The number of amides is 2. The minimum absolute atomic E-state index is 0.108. The van der Waals surface area contributed by atoms with Gasteiger partial charge in [-0.15, -0.1) is 0 Å². The third kappa shape index (κ3) is 6.01. The van der Waals surface area contributed by atoms with Crippen molar-refractivity contribution in [3.8, 4) is 0 Å². The van der Waals surface area contributed by atoms with Crippen molar-refractivity contribution < 1.29 is 28.6 Å². The van der Waals surface area contributed by atoms with Gasteiger partial charge in [0.15, 0.2) is 0 Å². The highest BCUT2D eigenvalue weighted by molar-refractivity contribution is 6.39. The Hall–Kier alpha value is -2.49. The second-order valence-corrected chi connectivity index (χ2v) is 7.30. The Morgan fingerprint density at radius 2 is 1.83 bits per heavy atom. The number of nitrogens with zero attached hydrogens (tertiary/aromatic N) is 1. The summed E-state index contributed by atoms with van der Waals surface area (Å²) in [5, 5.41) is 5.31. The SMILES string of the molecule is CCOC(=O)c1ccc(NC(=O)C(=O)NC[C@@H]([C@@H]2CCOC2)N2CCOCC2)cc1. The number of morpholine rings is 1. The van der Waals surface area contributed by atoms with Gasteiger partial charge in [0, 0.05) is 43.9 Å². The van der Waals surface area contributed by atoms with Crippen LogP contribution in [0.2, 0.25) is 0 Å². The fourth-order valence-electron chi connectivity index (χ4n) is 3.73. The van der Waals surface area contributed by atoms with Crippen molar-refractivity contribution >= 4 is 23.5 Å². The molecule has 0 radical (unpaired) electrons. The van der Waals surface area contributed by atoms with Crippen molar-refractivity contribution in [3.63, 3.8) is 0 Å². The van der Waals surface area contributed by atoms with Crippen LogP contribution in [0.25, 0.3) is 0 Å². The molecular formula is C21H29N3O6. The lowest BCUT2D eigenvalue weighted by Gasteiger charge is -2.37. The van der Waals surface area contributed by atoms with Gasteiger partial charge in [-0.25, -0.2) is 4.79 Å². The highest BCUT2D eigenvalue weighted by atomic mass is 16.5. The molecule has 9 heteroatoms. The molecule has 0 bridgehead atoms. The maximum atomic E-state index is 12.3. The van der Waals surface area contributed by atoms with Gasteiger partial charge in [0.05, 0.1) is 32.0 Å². The van der Waals surface area contributed by atoms with Gasteiger partial charge in [-0.05, 0) is 37.6 Å². The van der Waals surface area contributed by atoms with Crippen molar-refractivity contribution in [2.75, 3.05) is 58.0 Å². The van der Waals surface area contributed by atoms with Crippen LogP contribution in [-0.2, 0) is 23.8 Å². The lowest BCUT2D eigenvalue weighted by Crippen LogP contribution is -2.53. The molecule has 0 saturated carbocycles. The molecule has 2 saturated heterocycles. The summed E-state index contributed by atoms with van der Waals surface area (Å²) in [6.07, 6.45) is 0.941. The van der Waals surface area contributed by atoms with Gasteiger partial charge in [-0.3, -0.25) is 14.5 Å². The van der Waals surface area contributed by atoms with Crippen LogP contribution in [0.15, 0.2) is 24.3 Å². The number of esters is 1. The molecule has 164 valence electrons. The largest absolute Gasteiger partial charge is 0.462 e. The van der Waals surface area contributed by atoms with E-state index in [2.05, 4.69) is 15.5 Å². The lowest BCUT2D eigenvalue weighted by atomic mass is 9.97.